The lowest BCUT2D eigenvalue weighted by Crippen LogP contribution is -2.50. The van der Waals surface area contributed by atoms with Gasteiger partial charge < -0.3 is 10.0 Å². The van der Waals surface area contributed by atoms with E-state index in [1.165, 1.54) is 0 Å². The zero-order chi connectivity index (χ0) is 9.90. The minimum absolute atomic E-state index is 0.213. The summed E-state index contributed by atoms with van der Waals surface area (Å²) in [6.45, 7) is 3.63. The van der Waals surface area contributed by atoms with Crippen molar-refractivity contribution >= 4 is 0 Å². The topological polar surface area (TPSA) is 47.3 Å². The zero-order valence-corrected chi connectivity index (χ0v) is 8.45. The molecule has 0 bridgehead atoms. The molecule has 0 aromatic heterocycles. The van der Waals surface area contributed by atoms with Gasteiger partial charge in [-0.1, -0.05) is 6.92 Å². The van der Waals surface area contributed by atoms with Crippen molar-refractivity contribution in [1.82, 2.24) is 4.90 Å². The molecule has 0 saturated carbocycles. The molecule has 3 nitrogen and oxygen atoms in total. The van der Waals surface area contributed by atoms with Crippen LogP contribution < -0.4 is 0 Å². The molecule has 1 rings (SSSR count). The van der Waals surface area contributed by atoms with E-state index in [1.54, 1.807) is 0 Å². The van der Waals surface area contributed by atoms with Crippen molar-refractivity contribution < 1.29 is 5.11 Å². The van der Waals surface area contributed by atoms with Crippen LogP contribution in [-0.2, 0) is 0 Å². The van der Waals surface area contributed by atoms with Crippen LogP contribution in [0, 0.1) is 17.2 Å². The molecule has 0 radical (unpaired) electrons. The molecule has 0 spiro atoms. The molecule has 2 unspecified atom stereocenters. The van der Waals surface area contributed by atoms with Crippen LogP contribution in [0.15, 0.2) is 0 Å². The van der Waals surface area contributed by atoms with Gasteiger partial charge in [-0.2, -0.15) is 5.26 Å². The second-order valence-electron chi connectivity index (χ2n) is 4.03. The summed E-state index contributed by atoms with van der Waals surface area (Å²) in [6.07, 6.45) is 2.50. The number of hydrogen-bond acceptors (Lipinski definition) is 3. The molecule has 0 aliphatic carbocycles. The van der Waals surface area contributed by atoms with Crippen molar-refractivity contribution in [3.05, 3.63) is 0 Å². The Morgan fingerprint density at radius 1 is 1.69 bits per heavy atom. The van der Waals surface area contributed by atoms with E-state index >= 15 is 0 Å². The Bertz CT molecular complexity index is 211. The summed E-state index contributed by atoms with van der Waals surface area (Å²) >= 11 is 0. The predicted octanol–water partition coefficient (Wildman–Crippen LogP) is 0.993. The monoisotopic (exact) mass is 182 g/mol. The molecular formula is C10H18N2O. The highest BCUT2D eigenvalue weighted by Gasteiger charge is 2.38. The summed E-state index contributed by atoms with van der Waals surface area (Å²) in [7, 11) is 1.99. The van der Waals surface area contributed by atoms with E-state index in [-0.39, 0.29) is 5.92 Å². The SMILES string of the molecule is CCC(C#N)C1(O)CCCN(C)C1. The van der Waals surface area contributed by atoms with Crippen molar-refractivity contribution in [3.8, 4) is 6.07 Å². The zero-order valence-electron chi connectivity index (χ0n) is 8.45. The number of β-amino-alcohol motifs (C(OH)–C–C–N with tert-alkyl or cyclic N) is 1. The standard InChI is InChI=1S/C10H18N2O/c1-3-9(7-11)10(13)5-4-6-12(2)8-10/h9,13H,3-6,8H2,1-2H3. The molecule has 2 atom stereocenters. The van der Waals surface area contributed by atoms with Gasteiger partial charge in [0.1, 0.15) is 0 Å². The van der Waals surface area contributed by atoms with Gasteiger partial charge in [-0.05, 0) is 32.9 Å². The average Bonchev–Trinajstić information content (AvgIpc) is 2.05. The van der Waals surface area contributed by atoms with E-state index in [4.69, 9.17) is 5.26 Å². The van der Waals surface area contributed by atoms with Gasteiger partial charge in [0.15, 0.2) is 0 Å². The number of nitrogens with zero attached hydrogens (tertiary/aromatic N) is 2. The first kappa shape index (κ1) is 10.5. The summed E-state index contributed by atoms with van der Waals surface area (Å²) in [5.41, 5.74) is -0.767. The quantitative estimate of drug-likeness (QED) is 0.693. The highest BCUT2D eigenvalue weighted by Crippen LogP contribution is 2.29. The molecule has 0 aromatic rings. The maximum Gasteiger partial charge on any atom is 0.0931 e. The number of piperidine rings is 1. The molecule has 0 aromatic carbocycles. The van der Waals surface area contributed by atoms with Gasteiger partial charge in [-0.25, -0.2) is 0 Å². The number of rotatable bonds is 2. The number of aliphatic hydroxyl groups is 1. The van der Waals surface area contributed by atoms with Gasteiger partial charge in [-0.15, -0.1) is 0 Å². The number of likely N-dealkylation sites (tertiary alicyclic amines) is 1. The smallest absolute Gasteiger partial charge is 0.0931 e. The molecule has 74 valence electrons. The van der Waals surface area contributed by atoms with E-state index < -0.39 is 5.60 Å². The normalized spacial score (nSPS) is 32.5. The fourth-order valence-electron chi connectivity index (χ4n) is 2.16. The molecule has 1 saturated heterocycles. The van der Waals surface area contributed by atoms with Gasteiger partial charge in [0.2, 0.25) is 0 Å². The first-order valence-corrected chi connectivity index (χ1v) is 4.93. The molecule has 13 heavy (non-hydrogen) atoms. The third kappa shape index (κ3) is 2.20. The number of nitriles is 1. The van der Waals surface area contributed by atoms with Crippen LogP contribution in [0.2, 0.25) is 0 Å². The Balaban J connectivity index is 2.68. The van der Waals surface area contributed by atoms with Crippen LogP contribution in [0.25, 0.3) is 0 Å². The van der Waals surface area contributed by atoms with E-state index in [1.807, 2.05) is 14.0 Å². The molecular weight excluding hydrogens is 164 g/mol. The van der Waals surface area contributed by atoms with Gasteiger partial charge >= 0.3 is 0 Å². The van der Waals surface area contributed by atoms with Crippen LogP contribution in [0.3, 0.4) is 0 Å². The van der Waals surface area contributed by atoms with Gasteiger partial charge in [-0.3, -0.25) is 0 Å². The Morgan fingerprint density at radius 2 is 2.38 bits per heavy atom. The molecule has 0 amide bonds. The first-order valence-electron chi connectivity index (χ1n) is 4.93. The number of likely N-dealkylation sites (N-methyl/N-ethyl adjacent to an activating group) is 1. The van der Waals surface area contributed by atoms with Crippen LogP contribution in [-0.4, -0.2) is 35.7 Å². The van der Waals surface area contributed by atoms with Gasteiger partial charge in [0, 0.05) is 6.54 Å². The maximum absolute atomic E-state index is 10.2. The van der Waals surface area contributed by atoms with Crippen LogP contribution in [0.1, 0.15) is 26.2 Å². The summed E-state index contributed by atoms with van der Waals surface area (Å²) < 4.78 is 0. The lowest BCUT2D eigenvalue weighted by molar-refractivity contribution is -0.0535. The summed E-state index contributed by atoms with van der Waals surface area (Å²) in [6, 6.07) is 2.21. The van der Waals surface area contributed by atoms with Crippen molar-refractivity contribution in [1.29, 1.82) is 5.26 Å². The lowest BCUT2D eigenvalue weighted by atomic mass is 9.80. The van der Waals surface area contributed by atoms with Crippen LogP contribution >= 0.6 is 0 Å². The summed E-state index contributed by atoms with van der Waals surface area (Å²) in [4.78, 5) is 2.10. The molecule has 1 fully saturated rings. The lowest BCUT2D eigenvalue weighted by Gasteiger charge is -2.39. The predicted molar refractivity (Wildman–Crippen MR) is 51.1 cm³/mol. The van der Waals surface area contributed by atoms with E-state index in [2.05, 4.69) is 11.0 Å². The third-order valence-electron chi connectivity index (χ3n) is 2.91. The van der Waals surface area contributed by atoms with Gasteiger partial charge in [0.25, 0.3) is 0 Å². The maximum atomic E-state index is 10.2. The van der Waals surface area contributed by atoms with E-state index in [9.17, 15) is 5.11 Å². The van der Waals surface area contributed by atoms with Crippen molar-refractivity contribution in [2.45, 2.75) is 31.8 Å². The molecule has 3 heteroatoms. The molecule has 1 aliphatic heterocycles. The van der Waals surface area contributed by atoms with Crippen molar-refractivity contribution in [2.75, 3.05) is 20.1 Å². The van der Waals surface area contributed by atoms with Gasteiger partial charge in [0.05, 0.1) is 17.6 Å². The Hall–Kier alpha value is -0.590. The molecule has 1 N–H and O–H groups in total. The highest BCUT2D eigenvalue weighted by atomic mass is 16.3. The minimum Gasteiger partial charge on any atom is -0.387 e. The minimum atomic E-state index is -0.767. The highest BCUT2D eigenvalue weighted by molar-refractivity contribution is 5.01. The molecule has 1 aliphatic rings. The largest absolute Gasteiger partial charge is 0.387 e. The van der Waals surface area contributed by atoms with Crippen molar-refractivity contribution in [3.63, 3.8) is 0 Å². The van der Waals surface area contributed by atoms with E-state index in [0.717, 1.165) is 25.8 Å². The fourth-order valence-corrected chi connectivity index (χ4v) is 2.16. The second-order valence-corrected chi connectivity index (χ2v) is 4.03. The summed E-state index contributed by atoms with van der Waals surface area (Å²) in [5.74, 6) is -0.213. The second kappa shape index (κ2) is 4.08. The van der Waals surface area contributed by atoms with Crippen LogP contribution in [0.5, 0.6) is 0 Å². The Labute approximate surface area is 80.0 Å². The third-order valence-corrected chi connectivity index (χ3v) is 2.91. The summed E-state index contributed by atoms with van der Waals surface area (Å²) in [5, 5.41) is 19.1. The fraction of sp³-hybridized carbons (Fsp3) is 0.900. The molecule has 1 heterocycles. The Kier molecular flexibility index (Phi) is 3.29. The average molecular weight is 182 g/mol. The number of hydrogen-bond donors (Lipinski definition) is 1. The van der Waals surface area contributed by atoms with Crippen molar-refractivity contribution in [2.24, 2.45) is 5.92 Å². The van der Waals surface area contributed by atoms with E-state index in [0.29, 0.717) is 6.54 Å². The Morgan fingerprint density at radius 3 is 2.85 bits per heavy atom. The van der Waals surface area contributed by atoms with Crippen LogP contribution in [0.4, 0.5) is 0 Å². The first-order chi connectivity index (χ1) is 6.12.